The van der Waals surface area contributed by atoms with Gasteiger partial charge in [0.1, 0.15) is 11.5 Å². The van der Waals surface area contributed by atoms with Crippen molar-refractivity contribution in [3.63, 3.8) is 0 Å². The smallest absolute Gasteiger partial charge is 0.178 e. The van der Waals surface area contributed by atoms with Gasteiger partial charge in [-0.15, -0.1) is 0 Å². The van der Waals surface area contributed by atoms with E-state index in [4.69, 9.17) is 0 Å². The van der Waals surface area contributed by atoms with Crippen LogP contribution in [-0.2, 0) is 0 Å². The quantitative estimate of drug-likeness (QED) is 0.575. The number of nitrogens with one attached hydrogen (secondary N) is 1. The lowest BCUT2D eigenvalue weighted by Gasteiger charge is -2.05. The maximum Gasteiger partial charge on any atom is 0.178 e. The van der Waals surface area contributed by atoms with Gasteiger partial charge in [-0.25, -0.2) is 4.98 Å². The van der Waals surface area contributed by atoms with Crippen LogP contribution in [0.4, 0.5) is 5.82 Å². The molecule has 3 heteroatoms. The molecule has 3 nitrogen and oxygen atoms in total. The van der Waals surface area contributed by atoms with E-state index in [9.17, 15) is 4.79 Å². The van der Waals surface area contributed by atoms with E-state index >= 15 is 0 Å². The largest absolute Gasteiger partial charge is 0.370 e. The lowest BCUT2D eigenvalue weighted by atomic mass is 10.2. The van der Waals surface area contributed by atoms with Gasteiger partial charge in [-0.1, -0.05) is 25.8 Å². The second-order valence-electron chi connectivity index (χ2n) is 3.60. The predicted molar refractivity (Wildman–Crippen MR) is 62.3 cm³/mol. The number of rotatable bonds is 6. The van der Waals surface area contributed by atoms with Crippen molar-refractivity contribution in [2.45, 2.75) is 33.1 Å². The van der Waals surface area contributed by atoms with Gasteiger partial charge in [0, 0.05) is 13.5 Å². The fraction of sp³-hybridized carbons (Fsp3) is 0.500. The molecule has 1 rings (SSSR count). The van der Waals surface area contributed by atoms with Gasteiger partial charge in [-0.05, 0) is 18.6 Å². The Kier molecular flexibility index (Phi) is 4.81. The van der Waals surface area contributed by atoms with Gasteiger partial charge in [0.25, 0.3) is 0 Å². The number of hydrogen-bond acceptors (Lipinski definition) is 3. The van der Waals surface area contributed by atoms with Crippen LogP contribution in [0.1, 0.15) is 43.6 Å². The lowest BCUT2D eigenvalue weighted by molar-refractivity contribution is 0.101. The molecule has 0 amide bonds. The number of carbonyl (C=O) groups excluding carboxylic acids is 1. The number of unbranched alkanes of at least 4 members (excludes halogenated alkanes) is 2. The molecule has 82 valence electrons. The SMILES string of the molecule is CCCCCNc1cccc(C(C)=O)n1. The van der Waals surface area contributed by atoms with E-state index in [0.717, 1.165) is 18.8 Å². The zero-order chi connectivity index (χ0) is 11.1. The van der Waals surface area contributed by atoms with Gasteiger partial charge in [0.05, 0.1) is 0 Å². The zero-order valence-electron chi connectivity index (χ0n) is 9.42. The van der Waals surface area contributed by atoms with E-state index in [1.165, 1.54) is 19.8 Å². The summed E-state index contributed by atoms with van der Waals surface area (Å²) in [6.07, 6.45) is 3.57. The summed E-state index contributed by atoms with van der Waals surface area (Å²) >= 11 is 0. The molecule has 0 saturated heterocycles. The third-order valence-electron chi connectivity index (χ3n) is 2.20. The van der Waals surface area contributed by atoms with Gasteiger partial charge < -0.3 is 5.32 Å². The molecule has 0 aliphatic rings. The van der Waals surface area contributed by atoms with Crippen molar-refractivity contribution in [2.24, 2.45) is 0 Å². The molecule has 0 atom stereocenters. The number of nitrogens with zero attached hydrogens (tertiary/aromatic N) is 1. The standard InChI is InChI=1S/C12H18N2O/c1-3-4-5-9-13-12-8-6-7-11(14-12)10(2)15/h6-8H,3-5,9H2,1-2H3,(H,13,14). The lowest BCUT2D eigenvalue weighted by Crippen LogP contribution is -2.05. The summed E-state index contributed by atoms with van der Waals surface area (Å²) in [7, 11) is 0. The van der Waals surface area contributed by atoms with Crippen LogP contribution in [0.25, 0.3) is 0 Å². The highest BCUT2D eigenvalue weighted by molar-refractivity contribution is 5.92. The molecule has 1 aromatic heterocycles. The molecule has 0 spiro atoms. The van der Waals surface area contributed by atoms with Crippen LogP contribution < -0.4 is 5.32 Å². The first-order valence-electron chi connectivity index (χ1n) is 5.46. The topological polar surface area (TPSA) is 42.0 Å². The summed E-state index contributed by atoms with van der Waals surface area (Å²) < 4.78 is 0. The number of pyridine rings is 1. The first kappa shape index (κ1) is 11.7. The number of Topliss-reactive ketones (excluding diaryl/α,β-unsaturated/α-hetero) is 1. The van der Waals surface area contributed by atoms with Crippen LogP contribution in [0.5, 0.6) is 0 Å². The van der Waals surface area contributed by atoms with Crippen LogP contribution in [0, 0.1) is 0 Å². The molecule has 0 bridgehead atoms. The van der Waals surface area contributed by atoms with Crippen molar-refractivity contribution >= 4 is 11.6 Å². The van der Waals surface area contributed by atoms with E-state index in [1.807, 2.05) is 12.1 Å². The molecule has 0 aliphatic heterocycles. The van der Waals surface area contributed by atoms with Crippen LogP contribution in [0.15, 0.2) is 18.2 Å². The third-order valence-corrected chi connectivity index (χ3v) is 2.20. The first-order chi connectivity index (χ1) is 7.24. The number of ketones is 1. The van der Waals surface area contributed by atoms with Crippen molar-refractivity contribution in [2.75, 3.05) is 11.9 Å². The highest BCUT2D eigenvalue weighted by atomic mass is 16.1. The van der Waals surface area contributed by atoms with Crippen molar-refractivity contribution in [1.82, 2.24) is 4.98 Å². The highest BCUT2D eigenvalue weighted by Crippen LogP contribution is 2.06. The van der Waals surface area contributed by atoms with E-state index in [1.54, 1.807) is 6.07 Å². The minimum atomic E-state index is 0.00667. The summed E-state index contributed by atoms with van der Waals surface area (Å²) in [4.78, 5) is 15.3. The Balaban J connectivity index is 2.47. The fourth-order valence-electron chi connectivity index (χ4n) is 1.32. The molecule has 1 N–H and O–H groups in total. The van der Waals surface area contributed by atoms with Crippen LogP contribution in [-0.4, -0.2) is 17.3 Å². The summed E-state index contributed by atoms with van der Waals surface area (Å²) in [6.45, 7) is 4.63. The minimum absolute atomic E-state index is 0.00667. The maximum absolute atomic E-state index is 11.1. The Morgan fingerprint density at radius 1 is 1.40 bits per heavy atom. The second-order valence-corrected chi connectivity index (χ2v) is 3.60. The molecule has 0 fully saturated rings. The highest BCUT2D eigenvalue weighted by Gasteiger charge is 2.01. The predicted octanol–water partition coefficient (Wildman–Crippen LogP) is 2.89. The Morgan fingerprint density at radius 3 is 2.87 bits per heavy atom. The molecule has 1 aromatic rings. The average molecular weight is 206 g/mol. The van der Waals surface area contributed by atoms with Gasteiger partial charge in [0.2, 0.25) is 0 Å². The van der Waals surface area contributed by atoms with Crippen molar-refractivity contribution < 1.29 is 4.79 Å². The van der Waals surface area contributed by atoms with E-state index in [2.05, 4.69) is 17.2 Å². The summed E-state index contributed by atoms with van der Waals surface area (Å²) in [6, 6.07) is 5.48. The molecular weight excluding hydrogens is 188 g/mol. The number of aromatic nitrogens is 1. The molecule has 0 aliphatic carbocycles. The van der Waals surface area contributed by atoms with Crippen LogP contribution >= 0.6 is 0 Å². The number of hydrogen-bond donors (Lipinski definition) is 1. The van der Waals surface area contributed by atoms with E-state index in [-0.39, 0.29) is 5.78 Å². The summed E-state index contributed by atoms with van der Waals surface area (Å²) in [5.74, 6) is 0.797. The first-order valence-corrected chi connectivity index (χ1v) is 5.46. The Labute approximate surface area is 90.9 Å². The van der Waals surface area contributed by atoms with Crippen molar-refractivity contribution in [3.8, 4) is 0 Å². The van der Waals surface area contributed by atoms with Crippen molar-refractivity contribution in [3.05, 3.63) is 23.9 Å². The van der Waals surface area contributed by atoms with Crippen LogP contribution in [0.2, 0.25) is 0 Å². The van der Waals surface area contributed by atoms with Gasteiger partial charge in [-0.3, -0.25) is 4.79 Å². The molecule has 0 unspecified atom stereocenters. The Bertz CT molecular complexity index is 323. The van der Waals surface area contributed by atoms with Gasteiger partial charge in [-0.2, -0.15) is 0 Å². The fourth-order valence-corrected chi connectivity index (χ4v) is 1.32. The van der Waals surface area contributed by atoms with Gasteiger partial charge in [0.15, 0.2) is 5.78 Å². The van der Waals surface area contributed by atoms with Crippen LogP contribution in [0.3, 0.4) is 0 Å². The zero-order valence-corrected chi connectivity index (χ0v) is 9.42. The normalized spacial score (nSPS) is 10.0. The molecule has 0 saturated carbocycles. The molecule has 1 heterocycles. The molecular formula is C12H18N2O. The Morgan fingerprint density at radius 2 is 2.20 bits per heavy atom. The molecule has 0 radical (unpaired) electrons. The monoisotopic (exact) mass is 206 g/mol. The van der Waals surface area contributed by atoms with E-state index in [0.29, 0.717) is 5.69 Å². The Hall–Kier alpha value is -1.38. The minimum Gasteiger partial charge on any atom is -0.370 e. The number of anilines is 1. The molecule has 15 heavy (non-hydrogen) atoms. The maximum atomic E-state index is 11.1. The third kappa shape index (κ3) is 4.11. The van der Waals surface area contributed by atoms with E-state index < -0.39 is 0 Å². The summed E-state index contributed by atoms with van der Waals surface area (Å²) in [5.41, 5.74) is 0.524. The average Bonchev–Trinajstić information content (AvgIpc) is 2.25. The van der Waals surface area contributed by atoms with Crippen molar-refractivity contribution in [1.29, 1.82) is 0 Å². The second kappa shape index (κ2) is 6.17. The summed E-state index contributed by atoms with van der Waals surface area (Å²) in [5, 5.41) is 3.21. The molecule has 0 aromatic carbocycles. The number of carbonyl (C=O) groups is 1. The van der Waals surface area contributed by atoms with Gasteiger partial charge >= 0.3 is 0 Å².